The number of phenolic OH excluding ortho intramolecular Hbond substituents is 2. The van der Waals surface area contributed by atoms with Gasteiger partial charge in [-0.1, -0.05) is 12.1 Å². The topological polar surface area (TPSA) is 115 Å². The maximum Gasteiger partial charge on any atom is 0.317 e. The summed E-state index contributed by atoms with van der Waals surface area (Å²) in [6, 6.07) is 3.90. The quantitative estimate of drug-likeness (QED) is 0.365. The molecule has 1 atom stereocenters. The Morgan fingerprint density at radius 2 is 1.80 bits per heavy atom. The number of hydrogen-bond donors (Lipinski definition) is 4. The van der Waals surface area contributed by atoms with E-state index < -0.39 is 23.3 Å². The first kappa shape index (κ1) is 15.7. The van der Waals surface area contributed by atoms with E-state index in [2.05, 4.69) is 0 Å². The number of carboxylic acid groups (broad SMARTS) is 1. The minimum Gasteiger partial charge on any atom is -0.504 e. The molecule has 6 nitrogen and oxygen atoms in total. The number of carbonyl (C=O) groups is 2. The lowest BCUT2D eigenvalue weighted by Gasteiger charge is -2.23. The van der Waals surface area contributed by atoms with Crippen LogP contribution in [0.15, 0.2) is 24.3 Å². The van der Waals surface area contributed by atoms with Crippen LogP contribution in [0.25, 0.3) is 6.08 Å². The molecule has 0 aliphatic heterocycles. The molecule has 108 valence electrons. The summed E-state index contributed by atoms with van der Waals surface area (Å²) in [5.74, 6) is -4.41. The second-order valence-corrected chi connectivity index (χ2v) is 4.91. The standard InChI is InChI=1S/C14H16O6/c1-14(2,20)12(13(18)19)10(16)6-4-8-3-5-9(15)11(17)7-8/h3-7,12,15,17,20H,1-2H3,(H,18,19). The first-order valence-corrected chi connectivity index (χ1v) is 5.82. The van der Waals surface area contributed by atoms with E-state index in [0.717, 1.165) is 6.08 Å². The highest BCUT2D eigenvalue weighted by Gasteiger charge is 2.38. The minimum absolute atomic E-state index is 0.298. The SMILES string of the molecule is CC(C)(O)C(C(=O)O)C(=O)C=Cc1ccc(O)c(O)c1. The predicted molar refractivity (Wildman–Crippen MR) is 71.2 cm³/mol. The van der Waals surface area contributed by atoms with Crippen molar-refractivity contribution in [2.75, 3.05) is 0 Å². The third kappa shape index (κ3) is 3.83. The van der Waals surface area contributed by atoms with E-state index in [1.165, 1.54) is 38.1 Å². The molecular formula is C14H16O6. The van der Waals surface area contributed by atoms with Crippen molar-refractivity contribution in [3.8, 4) is 11.5 Å². The summed E-state index contributed by atoms with van der Waals surface area (Å²) < 4.78 is 0. The molecule has 1 rings (SSSR count). The first-order chi connectivity index (χ1) is 9.12. The fourth-order valence-corrected chi connectivity index (χ4v) is 1.69. The van der Waals surface area contributed by atoms with Gasteiger partial charge in [-0.3, -0.25) is 9.59 Å². The molecular weight excluding hydrogens is 264 g/mol. The Labute approximate surface area is 115 Å². The van der Waals surface area contributed by atoms with Crippen molar-refractivity contribution < 1.29 is 30.0 Å². The second-order valence-electron chi connectivity index (χ2n) is 4.91. The smallest absolute Gasteiger partial charge is 0.317 e. The molecule has 0 bridgehead atoms. The predicted octanol–water partition coefficient (Wildman–Crippen LogP) is 1.15. The summed E-state index contributed by atoms with van der Waals surface area (Å²) in [5, 5.41) is 37.1. The molecule has 0 spiro atoms. The number of aliphatic hydroxyl groups is 1. The number of carbonyl (C=O) groups excluding carboxylic acids is 1. The summed E-state index contributed by atoms with van der Waals surface area (Å²) in [5.41, 5.74) is -1.28. The number of allylic oxidation sites excluding steroid dienone is 1. The van der Waals surface area contributed by atoms with Gasteiger partial charge in [0.1, 0.15) is 5.92 Å². The number of ketones is 1. The van der Waals surface area contributed by atoms with Crippen molar-refractivity contribution in [1.82, 2.24) is 0 Å². The Morgan fingerprint density at radius 3 is 2.25 bits per heavy atom. The van der Waals surface area contributed by atoms with Gasteiger partial charge in [0.05, 0.1) is 5.60 Å². The van der Waals surface area contributed by atoms with Gasteiger partial charge in [-0.25, -0.2) is 0 Å². The average Bonchev–Trinajstić information content (AvgIpc) is 2.28. The molecule has 0 aliphatic rings. The zero-order chi connectivity index (χ0) is 15.5. The molecule has 0 radical (unpaired) electrons. The van der Waals surface area contributed by atoms with Crippen LogP contribution in [0.2, 0.25) is 0 Å². The van der Waals surface area contributed by atoms with Gasteiger partial charge in [0, 0.05) is 0 Å². The van der Waals surface area contributed by atoms with Crippen LogP contribution in [-0.2, 0) is 9.59 Å². The van der Waals surface area contributed by atoms with Gasteiger partial charge < -0.3 is 20.4 Å². The second kappa shape index (κ2) is 5.75. The van der Waals surface area contributed by atoms with E-state index in [9.17, 15) is 19.8 Å². The number of aromatic hydroxyl groups is 2. The van der Waals surface area contributed by atoms with E-state index in [-0.39, 0.29) is 11.5 Å². The molecule has 0 aliphatic carbocycles. The lowest BCUT2D eigenvalue weighted by Crippen LogP contribution is -2.41. The van der Waals surface area contributed by atoms with Crippen molar-refractivity contribution in [3.63, 3.8) is 0 Å². The van der Waals surface area contributed by atoms with Crippen molar-refractivity contribution in [1.29, 1.82) is 0 Å². The molecule has 1 aromatic rings. The Morgan fingerprint density at radius 1 is 1.20 bits per heavy atom. The highest BCUT2D eigenvalue weighted by molar-refractivity contribution is 6.07. The van der Waals surface area contributed by atoms with Crippen LogP contribution >= 0.6 is 0 Å². The molecule has 0 fully saturated rings. The number of carboxylic acids is 1. The summed E-state index contributed by atoms with van der Waals surface area (Å²) in [4.78, 5) is 22.8. The summed E-state index contributed by atoms with van der Waals surface area (Å²) in [6.45, 7) is 2.48. The number of phenols is 2. The number of benzene rings is 1. The monoisotopic (exact) mass is 280 g/mol. The van der Waals surface area contributed by atoms with E-state index >= 15 is 0 Å². The van der Waals surface area contributed by atoms with Crippen molar-refractivity contribution in [2.45, 2.75) is 19.4 Å². The van der Waals surface area contributed by atoms with E-state index in [1.54, 1.807) is 0 Å². The highest BCUT2D eigenvalue weighted by atomic mass is 16.4. The van der Waals surface area contributed by atoms with Gasteiger partial charge in [-0.05, 0) is 37.6 Å². The molecule has 0 aromatic heterocycles. The third-order valence-electron chi connectivity index (χ3n) is 2.68. The molecule has 0 heterocycles. The molecule has 1 aromatic carbocycles. The maximum atomic E-state index is 11.8. The van der Waals surface area contributed by atoms with Gasteiger partial charge in [0.15, 0.2) is 17.3 Å². The Hall–Kier alpha value is -2.34. The highest BCUT2D eigenvalue weighted by Crippen LogP contribution is 2.25. The zero-order valence-corrected chi connectivity index (χ0v) is 11.1. The van der Waals surface area contributed by atoms with Crippen LogP contribution < -0.4 is 0 Å². The van der Waals surface area contributed by atoms with Crippen LogP contribution in [0.1, 0.15) is 19.4 Å². The van der Waals surface area contributed by atoms with Gasteiger partial charge in [-0.2, -0.15) is 0 Å². The van der Waals surface area contributed by atoms with Crippen molar-refractivity contribution in [3.05, 3.63) is 29.8 Å². The Balaban J connectivity index is 2.96. The molecule has 20 heavy (non-hydrogen) atoms. The summed E-state index contributed by atoms with van der Waals surface area (Å²) in [7, 11) is 0. The largest absolute Gasteiger partial charge is 0.504 e. The van der Waals surface area contributed by atoms with Gasteiger partial charge in [0.2, 0.25) is 0 Å². The normalized spacial score (nSPS) is 13.3. The maximum absolute atomic E-state index is 11.8. The molecule has 1 unspecified atom stereocenters. The zero-order valence-electron chi connectivity index (χ0n) is 11.1. The lowest BCUT2D eigenvalue weighted by atomic mass is 9.87. The van der Waals surface area contributed by atoms with Gasteiger partial charge in [-0.15, -0.1) is 0 Å². The van der Waals surface area contributed by atoms with E-state index in [4.69, 9.17) is 10.2 Å². The van der Waals surface area contributed by atoms with E-state index in [0.29, 0.717) is 5.56 Å². The molecule has 0 saturated heterocycles. The lowest BCUT2D eigenvalue weighted by molar-refractivity contribution is -0.153. The Bertz CT molecular complexity index is 553. The number of aliphatic carboxylic acids is 1. The van der Waals surface area contributed by atoms with Gasteiger partial charge in [0.25, 0.3) is 0 Å². The molecule has 0 saturated carbocycles. The van der Waals surface area contributed by atoms with Crippen molar-refractivity contribution >= 4 is 17.8 Å². The fourth-order valence-electron chi connectivity index (χ4n) is 1.69. The number of hydrogen-bond acceptors (Lipinski definition) is 5. The van der Waals surface area contributed by atoms with Crippen LogP contribution in [0.5, 0.6) is 11.5 Å². The third-order valence-corrected chi connectivity index (χ3v) is 2.68. The summed E-state index contributed by atoms with van der Waals surface area (Å²) >= 11 is 0. The van der Waals surface area contributed by atoms with Crippen LogP contribution in [0, 0.1) is 5.92 Å². The summed E-state index contributed by atoms with van der Waals surface area (Å²) in [6.07, 6.45) is 2.31. The van der Waals surface area contributed by atoms with Crippen LogP contribution in [0.4, 0.5) is 0 Å². The number of rotatable bonds is 5. The van der Waals surface area contributed by atoms with Crippen molar-refractivity contribution in [2.24, 2.45) is 5.92 Å². The van der Waals surface area contributed by atoms with Gasteiger partial charge >= 0.3 is 5.97 Å². The molecule has 4 N–H and O–H groups in total. The van der Waals surface area contributed by atoms with Crippen LogP contribution in [0.3, 0.4) is 0 Å². The van der Waals surface area contributed by atoms with E-state index in [1.807, 2.05) is 0 Å². The average molecular weight is 280 g/mol. The molecule has 6 heteroatoms. The first-order valence-electron chi connectivity index (χ1n) is 5.82. The Kier molecular flexibility index (Phi) is 4.52. The fraction of sp³-hybridized carbons (Fsp3) is 0.286. The molecule has 0 amide bonds. The van der Waals surface area contributed by atoms with Crippen LogP contribution in [-0.4, -0.2) is 37.8 Å². The minimum atomic E-state index is -1.69.